The van der Waals surface area contributed by atoms with Crippen LogP contribution in [0.3, 0.4) is 0 Å². The standard InChI is InChI=1S/C10H20.2C2H6/c1-5-7-8-9-10(3,4)6-2;2*1-2/h7-8H,5-6,9H2,1-4H3;2*1-2H3/b8-7-;;. The maximum Gasteiger partial charge on any atom is -0.0299 e. The Morgan fingerprint density at radius 3 is 1.57 bits per heavy atom. The van der Waals surface area contributed by atoms with Gasteiger partial charge in [0.15, 0.2) is 0 Å². The summed E-state index contributed by atoms with van der Waals surface area (Å²) in [5.74, 6) is 0. The van der Waals surface area contributed by atoms with Crippen molar-refractivity contribution in [3.05, 3.63) is 12.2 Å². The number of rotatable bonds is 4. The van der Waals surface area contributed by atoms with Crippen molar-refractivity contribution in [2.75, 3.05) is 0 Å². The Kier molecular flexibility index (Phi) is 21.0. The van der Waals surface area contributed by atoms with Crippen LogP contribution in [-0.2, 0) is 0 Å². The monoisotopic (exact) mass is 200 g/mol. The molecule has 0 amide bonds. The summed E-state index contributed by atoms with van der Waals surface area (Å²) in [5, 5.41) is 0. The summed E-state index contributed by atoms with van der Waals surface area (Å²) in [6.07, 6.45) is 8.19. The quantitative estimate of drug-likeness (QED) is 0.501. The van der Waals surface area contributed by atoms with E-state index in [1.54, 1.807) is 0 Å². The predicted molar refractivity (Wildman–Crippen MR) is 70.8 cm³/mol. The van der Waals surface area contributed by atoms with Crippen LogP contribution in [0.5, 0.6) is 0 Å². The summed E-state index contributed by atoms with van der Waals surface area (Å²) in [6.45, 7) is 17.1. The fourth-order valence-corrected chi connectivity index (χ4v) is 0.713. The molecule has 0 atom stereocenters. The lowest BCUT2D eigenvalue weighted by molar-refractivity contribution is 0.356. The van der Waals surface area contributed by atoms with Crippen LogP contribution < -0.4 is 0 Å². The van der Waals surface area contributed by atoms with Crippen molar-refractivity contribution in [2.45, 2.75) is 74.7 Å². The lowest BCUT2D eigenvalue weighted by Gasteiger charge is -2.19. The molecule has 0 fully saturated rings. The van der Waals surface area contributed by atoms with Crippen molar-refractivity contribution in [1.29, 1.82) is 0 Å². The van der Waals surface area contributed by atoms with Crippen molar-refractivity contribution >= 4 is 0 Å². The second-order valence-electron chi connectivity index (χ2n) is 3.60. The van der Waals surface area contributed by atoms with E-state index in [9.17, 15) is 0 Å². The van der Waals surface area contributed by atoms with E-state index in [-0.39, 0.29) is 0 Å². The number of hydrogen-bond acceptors (Lipinski definition) is 0. The summed E-state index contributed by atoms with van der Waals surface area (Å²) in [6, 6.07) is 0. The molecule has 0 aliphatic carbocycles. The molecule has 14 heavy (non-hydrogen) atoms. The normalized spacial score (nSPS) is 10.0. The average Bonchev–Trinajstić information content (AvgIpc) is 2.24. The zero-order chi connectivity index (χ0) is 12.0. The first kappa shape index (κ1) is 19.3. The first-order valence-electron chi connectivity index (χ1n) is 6.27. The summed E-state index contributed by atoms with van der Waals surface area (Å²) < 4.78 is 0. The molecule has 0 rings (SSSR count). The van der Waals surface area contributed by atoms with Gasteiger partial charge >= 0.3 is 0 Å². The van der Waals surface area contributed by atoms with Gasteiger partial charge in [-0.2, -0.15) is 0 Å². The molecule has 0 aromatic rings. The fraction of sp³-hybridized carbons (Fsp3) is 0.857. The van der Waals surface area contributed by atoms with Crippen LogP contribution in [0.4, 0.5) is 0 Å². The lowest BCUT2D eigenvalue weighted by Crippen LogP contribution is -2.06. The molecule has 0 aliphatic heterocycles. The third kappa shape index (κ3) is 17.7. The first-order chi connectivity index (χ1) is 6.62. The average molecular weight is 200 g/mol. The summed E-state index contributed by atoms with van der Waals surface area (Å²) in [7, 11) is 0. The Hall–Kier alpha value is -0.260. The Morgan fingerprint density at radius 1 is 0.857 bits per heavy atom. The molecule has 0 aromatic carbocycles. The van der Waals surface area contributed by atoms with Gasteiger partial charge in [0.1, 0.15) is 0 Å². The highest BCUT2D eigenvalue weighted by atomic mass is 14.2. The smallest absolute Gasteiger partial charge is 0.0299 e. The molecule has 0 unspecified atom stereocenters. The second kappa shape index (κ2) is 15.2. The van der Waals surface area contributed by atoms with Crippen LogP contribution in [0.1, 0.15) is 74.7 Å². The molecule has 0 spiro atoms. The molecule has 0 aliphatic rings. The molecule has 0 bridgehead atoms. The molecular formula is C14H32. The van der Waals surface area contributed by atoms with E-state index in [1.165, 1.54) is 19.3 Å². The van der Waals surface area contributed by atoms with Crippen molar-refractivity contribution in [1.82, 2.24) is 0 Å². The van der Waals surface area contributed by atoms with Gasteiger partial charge in [-0.15, -0.1) is 0 Å². The largest absolute Gasteiger partial charge is 0.0888 e. The second-order valence-corrected chi connectivity index (χ2v) is 3.60. The molecule has 0 saturated carbocycles. The van der Waals surface area contributed by atoms with Crippen molar-refractivity contribution in [3.63, 3.8) is 0 Å². The molecule has 0 heteroatoms. The first-order valence-corrected chi connectivity index (χ1v) is 6.27. The summed E-state index contributed by atoms with van der Waals surface area (Å²) >= 11 is 0. The molecular weight excluding hydrogens is 168 g/mol. The Labute approximate surface area is 92.8 Å². The topological polar surface area (TPSA) is 0 Å². The van der Waals surface area contributed by atoms with Crippen LogP contribution in [0.15, 0.2) is 12.2 Å². The number of allylic oxidation sites excluding steroid dienone is 2. The molecule has 0 nitrogen and oxygen atoms in total. The number of hydrogen-bond donors (Lipinski definition) is 0. The van der Waals surface area contributed by atoms with Gasteiger partial charge in [-0.05, 0) is 18.3 Å². The molecule has 0 aromatic heterocycles. The third-order valence-electron chi connectivity index (χ3n) is 2.03. The minimum atomic E-state index is 0.506. The molecule has 0 saturated heterocycles. The Bertz CT molecular complexity index is 98.6. The van der Waals surface area contributed by atoms with Gasteiger partial charge in [0.2, 0.25) is 0 Å². The molecule has 0 radical (unpaired) electrons. The lowest BCUT2D eigenvalue weighted by atomic mass is 9.86. The third-order valence-corrected chi connectivity index (χ3v) is 2.03. The Morgan fingerprint density at radius 2 is 1.29 bits per heavy atom. The van der Waals surface area contributed by atoms with Gasteiger partial charge in [0, 0.05) is 0 Å². The van der Waals surface area contributed by atoms with E-state index in [2.05, 4.69) is 39.8 Å². The minimum Gasteiger partial charge on any atom is -0.0888 e. The SMILES string of the molecule is CC.CC.CC/C=C\CC(C)(C)CC. The fourth-order valence-electron chi connectivity index (χ4n) is 0.713. The molecule has 0 heterocycles. The van der Waals surface area contributed by atoms with Crippen molar-refractivity contribution in [3.8, 4) is 0 Å². The summed E-state index contributed by atoms with van der Waals surface area (Å²) in [5.41, 5.74) is 0.506. The zero-order valence-electron chi connectivity index (χ0n) is 11.8. The summed E-state index contributed by atoms with van der Waals surface area (Å²) in [4.78, 5) is 0. The van der Waals surface area contributed by atoms with Gasteiger partial charge in [0.05, 0.1) is 0 Å². The van der Waals surface area contributed by atoms with Crippen molar-refractivity contribution in [2.24, 2.45) is 5.41 Å². The zero-order valence-corrected chi connectivity index (χ0v) is 11.8. The van der Waals surface area contributed by atoms with Gasteiger partial charge in [0.25, 0.3) is 0 Å². The maximum absolute atomic E-state index is 2.31. The van der Waals surface area contributed by atoms with Gasteiger partial charge in [-0.25, -0.2) is 0 Å². The van der Waals surface area contributed by atoms with Crippen LogP contribution in [0, 0.1) is 5.41 Å². The van der Waals surface area contributed by atoms with E-state index in [4.69, 9.17) is 0 Å². The van der Waals surface area contributed by atoms with Gasteiger partial charge in [-0.3, -0.25) is 0 Å². The van der Waals surface area contributed by atoms with Crippen LogP contribution >= 0.6 is 0 Å². The van der Waals surface area contributed by atoms with Gasteiger partial charge < -0.3 is 0 Å². The molecule has 0 N–H and O–H groups in total. The highest BCUT2D eigenvalue weighted by molar-refractivity contribution is 4.85. The van der Waals surface area contributed by atoms with Crippen LogP contribution in [0.25, 0.3) is 0 Å². The van der Waals surface area contributed by atoms with Crippen LogP contribution in [-0.4, -0.2) is 0 Å². The predicted octanol–water partition coefficient (Wildman–Crippen LogP) is 5.83. The highest BCUT2D eigenvalue weighted by Crippen LogP contribution is 2.24. The van der Waals surface area contributed by atoms with E-state index in [1.807, 2.05) is 27.7 Å². The van der Waals surface area contributed by atoms with E-state index < -0.39 is 0 Å². The van der Waals surface area contributed by atoms with E-state index in [0.717, 1.165) is 0 Å². The molecule has 88 valence electrons. The van der Waals surface area contributed by atoms with Gasteiger partial charge in [-0.1, -0.05) is 74.0 Å². The van der Waals surface area contributed by atoms with E-state index in [0.29, 0.717) is 5.41 Å². The van der Waals surface area contributed by atoms with Crippen molar-refractivity contribution < 1.29 is 0 Å². The minimum absolute atomic E-state index is 0.506. The highest BCUT2D eigenvalue weighted by Gasteiger charge is 2.11. The van der Waals surface area contributed by atoms with Crippen LogP contribution in [0.2, 0.25) is 0 Å². The maximum atomic E-state index is 2.31. The van der Waals surface area contributed by atoms with E-state index >= 15 is 0 Å². The Balaban J connectivity index is -0.000000266.